The molecular weight excluding hydrogens is 448 g/mol. The highest BCUT2D eigenvalue weighted by Crippen LogP contribution is 2.31. The highest BCUT2D eigenvalue weighted by Gasteiger charge is 2.25. The van der Waals surface area contributed by atoms with Gasteiger partial charge in [-0.15, -0.1) is 0 Å². The summed E-state index contributed by atoms with van der Waals surface area (Å²) in [6.45, 7) is 9.79. The molecule has 3 aromatic rings. The van der Waals surface area contributed by atoms with Gasteiger partial charge in [-0.2, -0.15) is 0 Å². The number of benzene rings is 1. The molecule has 0 aliphatic carbocycles. The third kappa shape index (κ3) is 5.41. The lowest BCUT2D eigenvalue weighted by Crippen LogP contribution is -2.51. The molecule has 0 bridgehead atoms. The summed E-state index contributed by atoms with van der Waals surface area (Å²) in [4.78, 5) is 43.8. The van der Waals surface area contributed by atoms with E-state index in [0.717, 1.165) is 34.2 Å². The number of amides is 2. The molecule has 0 atom stereocenters. The van der Waals surface area contributed by atoms with E-state index < -0.39 is 5.63 Å². The number of aryl methyl sites for hydroxylation is 3. The lowest BCUT2D eigenvalue weighted by molar-refractivity contribution is -0.132. The van der Waals surface area contributed by atoms with Gasteiger partial charge in [-0.05, 0) is 52.1 Å². The summed E-state index contributed by atoms with van der Waals surface area (Å²) in [5, 5.41) is 4.71. The fourth-order valence-corrected chi connectivity index (χ4v) is 4.53. The Labute approximate surface area is 204 Å². The van der Waals surface area contributed by atoms with Crippen LogP contribution in [0.1, 0.15) is 22.5 Å². The molecule has 4 rings (SSSR count). The van der Waals surface area contributed by atoms with Crippen LogP contribution in [0.3, 0.4) is 0 Å². The first kappa shape index (κ1) is 24.9. The van der Waals surface area contributed by atoms with Gasteiger partial charge in [0, 0.05) is 56.1 Å². The summed E-state index contributed by atoms with van der Waals surface area (Å²) in [7, 11) is 3.93. The number of piperazine rings is 1. The van der Waals surface area contributed by atoms with Crippen molar-refractivity contribution in [3.63, 3.8) is 0 Å². The lowest BCUT2D eigenvalue weighted by atomic mass is 10.0. The second-order valence-electron chi connectivity index (χ2n) is 9.61. The van der Waals surface area contributed by atoms with Crippen molar-refractivity contribution in [2.45, 2.75) is 27.2 Å². The van der Waals surface area contributed by atoms with E-state index in [9.17, 15) is 14.4 Å². The molecule has 1 N–H and O–H groups in total. The summed E-state index contributed by atoms with van der Waals surface area (Å²) >= 11 is 0. The summed E-state index contributed by atoms with van der Waals surface area (Å²) < 4.78 is 11.4. The number of rotatable bonds is 7. The highest BCUT2D eigenvalue weighted by molar-refractivity contribution is 5.97. The molecule has 2 aromatic heterocycles. The van der Waals surface area contributed by atoms with Crippen LogP contribution in [0.15, 0.2) is 25.8 Å². The largest absolute Gasteiger partial charge is 0.461 e. The van der Waals surface area contributed by atoms with Crippen molar-refractivity contribution >= 4 is 33.8 Å². The van der Waals surface area contributed by atoms with Crippen molar-refractivity contribution in [2.24, 2.45) is 0 Å². The number of furan rings is 1. The SMILES string of the molecule is Cc1oc2cc3oc(=O)c(CC(=O)N4CCN(CC(=O)NCCN(C)C)CC4)c(C)c3cc2c1C. The maximum Gasteiger partial charge on any atom is 0.340 e. The number of nitrogens with zero attached hydrogens (tertiary/aromatic N) is 3. The molecule has 188 valence electrons. The van der Waals surface area contributed by atoms with E-state index in [1.54, 1.807) is 11.0 Å². The molecule has 0 radical (unpaired) electrons. The van der Waals surface area contributed by atoms with Crippen molar-refractivity contribution in [1.82, 2.24) is 20.0 Å². The minimum absolute atomic E-state index is 0.00341. The van der Waals surface area contributed by atoms with Gasteiger partial charge in [0.25, 0.3) is 0 Å². The van der Waals surface area contributed by atoms with Crippen LogP contribution in [0, 0.1) is 20.8 Å². The number of likely N-dealkylation sites (N-methyl/N-ethyl adjacent to an activating group) is 1. The molecule has 3 heterocycles. The molecular formula is C26H34N4O5. The number of fused-ring (bicyclic) bond motifs is 2. The first-order valence-electron chi connectivity index (χ1n) is 12.0. The Morgan fingerprint density at radius 1 is 0.971 bits per heavy atom. The minimum Gasteiger partial charge on any atom is -0.461 e. The van der Waals surface area contributed by atoms with Crippen LogP contribution in [-0.4, -0.2) is 86.4 Å². The monoisotopic (exact) mass is 482 g/mol. The van der Waals surface area contributed by atoms with Crippen LogP contribution < -0.4 is 10.9 Å². The fraction of sp³-hybridized carbons (Fsp3) is 0.500. The van der Waals surface area contributed by atoms with E-state index in [1.807, 2.05) is 50.7 Å². The Morgan fingerprint density at radius 3 is 2.31 bits per heavy atom. The maximum atomic E-state index is 13.0. The van der Waals surface area contributed by atoms with Gasteiger partial charge in [0.1, 0.15) is 16.9 Å². The summed E-state index contributed by atoms with van der Waals surface area (Å²) in [5.74, 6) is 0.718. The standard InChI is InChI=1S/C26H34N4O5/c1-16-18(3)34-22-14-23-20(12-19(16)22)17(2)21(26(33)35-23)13-25(32)30-10-8-29(9-11-30)15-24(31)27-6-7-28(4)5/h12,14H,6-11,13,15H2,1-5H3,(H,27,31). The van der Waals surface area contributed by atoms with Gasteiger partial charge in [-0.1, -0.05) is 0 Å². The average Bonchev–Trinajstić information content (AvgIpc) is 3.08. The molecule has 1 saturated heterocycles. The van der Waals surface area contributed by atoms with Gasteiger partial charge < -0.3 is 24.0 Å². The topological polar surface area (TPSA) is 99.2 Å². The van der Waals surface area contributed by atoms with Gasteiger partial charge in [-0.3, -0.25) is 14.5 Å². The summed E-state index contributed by atoms with van der Waals surface area (Å²) in [6, 6.07) is 3.73. The summed E-state index contributed by atoms with van der Waals surface area (Å²) in [5.41, 5.74) is 2.86. The smallest absolute Gasteiger partial charge is 0.340 e. The molecule has 9 heteroatoms. The predicted octanol–water partition coefficient (Wildman–Crippen LogP) is 1.83. The van der Waals surface area contributed by atoms with Gasteiger partial charge in [0.05, 0.1) is 18.5 Å². The maximum absolute atomic E-state index is 13.0. The molecule has 35 heavy (non-hydrogen) atoms. The van der Waals surface area contributed by atoms with Crippen molar-refractivity contribution < 1.29 is 18.4 Å². The molecule has 0 unspecified atom stereocenters. The minimum atomic E-state index is -0.490. The zero-order valence-corrected chi connectivity index (χ0v) is 21.2. The molecule has 1 aromatic carbocycles. The average molecular weight is 483 g/mol. The second-order valence-corrected chi connectivity index (χ2v) is 9.61. The van der Waals surface area contributed by atoms with Gasteiger partial charge >= 0.3 is 5.63 Å². The van der Waals surface area contributed by atoms with E-state index in [0.29, 0.717) is 56.0 Å². The Balaban J connectivity index is 1.41. The van der Waals surface area contributed by atoms with E-state index in [-0.39, 0.29) is 18.2 Å². The van der Waals surface area contributed by atoms with E-state index in [4.69, 9.17) is 8.83 Å². The summed E-state index contributed by atoms with van der Waals surface area (Å²) in [6.07, 6.45) is -0.00341. The zero-order valence-electron chi connectivity index (χ0n) is 21.2. The Bertz CT molecular complexity index is 1320. The molecule has 0 saturated carbocycles. The molecule has 1 aliphatic rings. The first-order chi connectivity index (χ1) is 16.6. The number of carbonyl (C=O) groups is 2. The van der Waals surface area contributed by atoms with Crippen molar-refractivity contribution in [1.29, 1.82) is 0 Å². The van der Waals surface area contributed by atoms with Crippen LogP contribution in [0.25, 0.3) is 21.9 Å². The normalized spacial score (nSPS) is 14.9. The molecule has 1 aliphatic heterocycles. The Morgan fingerprint density at radius 2 is 1.63 bits per heavy atom. The molecule has 1 fully saturated rings. The van der Waals surface area contributed by atoms with Gasteiger partial charge in [-0.25, -0.2) is 4.79 Å². The van der Waals surface area contributed by atoms with Crippen molar-refractivity contribution in [2.75, 3.05) is 59.9 Å². The Hall–Kier alpha value is -3.17. The van der Waals surface area contributed by atoms with Crippen LogP contribution in [0.4, 0.5) is 0 Å². The van der Waals surface area contributed by atoms with Crippen LogP contribution >= 0.6 is 0 Å². The van der Waals surface area contributed by atoms with Crippen molar-refractivity contribution in [3.8, 4) is 0 Å². The van der Waals surface area contributed by atoms with Crippen molar-refractivity contribution in [3.05, 3.63) is 45.0 Å². The third-order valence-electron chi connectivity index (χ3n) is 6.88. The fourth-order valence-electron chi connectivity index (χ4n) is 4.53. The van der Waals surface area contributed by atoms with Gasteiger partial charge in [0.15, 0.2) is 0 Å². The number of nitrogens with one attached hydrogen (secondary N) is 1. The van der Waals surface area contributed by atoms with E-state index in [1.165, 1.54) is 0 Å². The number of carbonyl (C=O) groups excluding carboxylic acids is 2. The van der Waals surface area contributed by atoms with Crippen LogP contribution in [0.2, 0.25) is 0 Å². The second kappa shape index (κ2) is 10.2. The quantitative estimate of drug-likeness (QED) is 0.513. The lowest BCUT2D eigenvalue weighted by Gasteiger charge is -2.34. The van der Waals surface area contributed by atoms with Crippen LogP contribution in [-0.2, 0) is 16.0 Å². The third-order valence-corrected chi connectivity index (χ3v) is 6.88. The van der Waals surface area contributed by atoms with E-state index in [2.05, 4.69) is 5.32 Å². The molecule has 2 amide bonds. The highest BCUT2D eigenvalue weighted by atomic mass is 16.4. The molecule has 0 spiro atoms. The van der Waals surface area contributed by atoms with Crippen LogP contribution in [0.5, 0.6) is 0 Å². The number of hydrogen-bond donors (Lipinski definition) is 1. The predicted molar refractivity (Wildman–Crippen MR) is 135 cm³/mol. The first-order valence-corrected chi connectivity index (χ1v) is 12.0. The molecule has 9 nitrogen and oxygen atoms in total. The van der Waals surface area contributed by atoms with E-state index >= 15 is 0 Å². The zero-order chi connectivity index (χ0) is 25.3. The van der Waals surface area contributed by atoms with Gasteiger partial charge in [0.2, 0.25) is 11.8 Å². The number of hydrogen-bond acceptors (Lipinski definition) is 7. The Kier molecular flexibility index (Phi) is 7.28.